The van der Waals surface area contributed by atoms with Gasteiger partial charge in [0, 0.05) is 0 Å². The van der Waals surface area contributed by atoms with E-state index in [0.29, 0.717) is 0 Å². The Labute approximate surface area is 129 Å². The fourth-order valence-electron chi connectivity index (χ4n) is 2.01. The monoisotopic (exact) mass is 292 g/mol. The van der Waals surface area contributed by atoms with Crippen molar-refractivity contribution in [3.05, 3.63) is 84.4 Å². The first kappa shape index (κ1) is 13.8. The molecule has 0 aromatic heterocycles. The van der Waals surface area contributed by atoms with E-state index in [1.54, 1.807) is 11.8 Å². The summed E-state index contributed by atoms with van der Waals surface area (Å²) in [6.45, 7) is 2.08. The van der Waals surface area contributed by atoms with Crippen LogP contribution in [-0.4, -0.2) is 0 Å². The minimum atomic E-state index is 0.955. The molecule has 3 aromatic rings. The van der Waals surface area contributed by atoms with E-state index in [0.717, 1.165) is 11.5 Å². The summed E-state index contributed by atoms with van der Waals surface area (Å²) in [6, 6.07) is 26.5. The van der Waals surface area contributed by atoms with Gasteiger partial charge in [0.25, 0.3) is 0 Å². The van der Waals surface area contributed by atoms with Crippen LogP contribution in [0.15, 0.2) is 88.7 Å². The van der Waals surface area contributed by atoms with Crippen molar-refractivity contribution >= 4 is 11.8 Å². The van der Waals surface area contributed by atoms with Crippen LogP contribution >= 0.6 is 11.8 Å². The molecule has 2 heteroatoms. The molecule has 21 heavy (non-hydrogen) atoms. The van der Waals surface area contributed by atoms with Crippen LogP contribution in [0, 0.1) is 6.92 Å². The van der Waals surface area contributed by atoms with Crippen LogP contribution in [-0.2, 0) is 0 Å². The van der Waals surface area contributed by atoms with E-state index in [4.69, 9.17) is 4.74 Å². The van der Waals surface area contributed by atoms with E-state index in [1.165, 1.54) is 15.4 Å². The first-order chi connectivity index (χ1) is 10.3. The molecule has 0 aliphatic carbocycles. The summed E-state index contributed by atoms with van der Waals surface area (Å²) >= 11 is 1.76. The molecule has 0 spiro atoms. The van der Waals surface area contributed by atoms with Gasteiger partial charge in [-0.05, 0) is 31.2 Å². The Morgan fingerprint density at radius 1 is 0.619 bits per heavy atom. The second-order valence-electron chi connectivity index (χ2n) is 4.75. The van der Waals surface area contributed by atoms with Crippen LogP contribution in [0.4, 0.5) is 0 Å². The predicted octanol–water partition coefficient (Wildman–Crippen LogP) is 5.94. The summed E-state index contributed by atoms with van der Waals surface area (Å²) in [6.07, 6.45) is 0. The highest BCUT2D eigenvalue weighted by Crippen LogP contribution is 2.46. The van der Waals surface area contributed by atoms with Gasteiger partial charge in [-0.15, -0.1) is 0 Å². The summed E-state index contributed by atoms with van der Waals surface area (Å²) in [5.74, 6) is 1.91. The highest BCUT2D eigenvalue weighted by molar-refractivity contribution is 7.99. The van der Waals surface area contributed by atoms with E-state index in [9.17, 15) is 0 Å². The van der Waals surface area contributed by atoms with Gasteiger partial charge in [0.1, 0.15) is 11.5 Å². The number of ether oxygens (including phenoxy) is 1. The Bertz CT molecular complexity index is 635. The van der Waals surface area contributed by atoms with Crippen molar-refractivity contribution in [3.63, 3.8) is 0 Å². The summed E-state index contributed by atoms with van der Waals surface area (Å²) in [7, 11) is 0. The molecule has 4 rings (SSSR count). The lowest BCUT2D eigenvalue weighted by Gasteiger charge is -2.18. The summed E-state index contributed by atoms with van der Waals surface area (Å²) in [4.78, 5) is 2.37. The van der Waals surface area contributed by atoms with Gasteiger partial charge in [-0.1, -0.05) is 71.9 Å². The minimum absolute atomic E-state index is 0.955. The second-order valence-corrected chi connectivity index (χ2v) is 5.84. The third-order valence-electron chi connectivity index (χ3n) is 3.08. The van der Waals surface area contributed by atoms with Crippen LogP contribution in [0.5, 0.6) is 11.5 Å². The number of aryl methyl sites for hydroxylation is 1. The Morgan fingerprint density at radius 3 is 1.57 bits per heavy atom. The van der Waals surface area contributed by atoms with Gasteiger partial charge in [-0.25, -0.2) is 0 Å². The fourth-order valence-corrected chi connectivity index (χ4v) is 2.96. The molecule has 3 aromatic carbocycles. The topological polar surface area (TPSA) is 9.23 Å². The van der Waals surface area contributed by atoms with Crippen LogP contribution in [0.25, 0.3) is 0 Å². The van der Waals surface area contributed by atoms with E-state index >= 15 is 0 Å². The quantitative estimate of drug-likeness (QED) is 0.397. The van der Waals surface area contributed by atoms with Crippen molar-refractivity contribution in [1.82, 2.24) is 0 Å². The van der Waals surface area contributed by atoms with E-state index < -0.39 is 0 Å². The SMILES string of the molecule is Cc1ccccc1.c1ccc2c(c1)Oc1ccccc1S2. The second kappa shape index (κ2) is 6.51. The third kappa shape index (κ3) is 3.47. The molecule has 0 saturated carbocycles. The van der Waals surface area contributed by atoms with Gasteiger partial charge in [0.2, 0.25) is 0 Å². The average molecular weight is 292 g/mol. The van der Waals surface area contributed by atoms with Gasteiger partial charge in [0.05, 0.1) is 9.79 Å². The maximum absolute atomic E-state index is 5.76. The van der Waals surface area contributed by atoms with E-state index in [-0.39, 0.29) is 0 Å². The highest BCUT2D eigenvalue weighted by atomic mass is 32.2. The Balaban J connectivity index is 0.000000160. The molecule has 0 unspecified atom stereocenters. The van der Waals surface area contributed by atoms with Crippen molar-refractivity contribution in [2.24, 2.45) is 0 Å². The first-order valence-electron chi connectivity index (χ1n) is 6.88. The van der Waals surface area contributed by atoms with Crippen LogP contribution < -0.4 is 4.74 Å². The number of fused-ring (bicyclic) bond motifs is 2. The van der Waals surface area contributed by atoms with Gasteiger partial charge in [0.15, 0.2) is 0 Å². The van der Waals surface area contributed by atoms with Crippen LogP contribution in [0.2, 0.25) is 0 Å². The smallest absolute Gasteiger partial charge is 0.141 e. The Hall–Kier alpha value is -2.19. The maximum atomic E-state index is 5.76. The standard InChI is InChI=1S/C12H8OS.C7H8/c1-3-7-11-9(5-1)13-10-6-2-4-8-12(10)14-11;1-7-5-3-2-4-6-7/h1-8H;2-6H,1H3. The summed E-state index contributed by atoms with van der Waals surface area (Å²) < 4.78 is 5.76. The van der Waals surface area contributed by atoms with E-state index in [1.807, 2.05) is 54.6 Å². The van der Waals surface area contributed by atoms with Crippen LogP contribution in [0.3, 0.4) is 0 Å². The van der Waals surface area contributed by atoms with Gasteiger partial charge < -0.3 is 4.74 Å². The van der Waals surface area contributed by atoms with Crippen molar-refractivity contribution in [1.29, 1.82) is 0 Å². The minimum Gasteiger partial charge on any atom is -0.455 e. The molecule has 0 atom stereocenters. The van der Waals surface area contributed by atoms with Gasteiger partial charge in [-0.3, -0.25) is 0 Å². The number of hydrogen-bond acceptors (Lipinski definition) is 2. The molecule has 0 radical (unpaired) electrons. The lowest BCUT2D eigenvalue weighted by atomic mass is 10.2. The molecule has 0 fully saturated rings. The molecule has 1 aliphatic rings. The van der Waals surface area contributed by atoms with Gasteiger partial charge in [-0.2, -0.15) is 0 Å². The third-order valence-corrected chi connectivity index (χ3v) is 4.19. The molecule has 0 N–H and O–H groups in total. The van der Waals surface area contributed by atoms with Crippen molar-refractivity contribution in [2.75, 3.05) is 0 Å². The molecule has 0 saturated heterocycles. The maximum Gasteiger partial charge on any atom is 0.141 e. The zero-order valence-electron chi connectivity index (χ0n) is 11.8. The average Bonchev–Trinajstić information content (AvgIpc) is 2.54. The molecular formula is C19H16OS. The molecule has 0 bridgehead atoms. The Morgan fingerprint density at radius 2 is 1.10 bits per heavy atom. The summed E-state index contributed by atoms with van der Waals surface area (Å²) in [5.41, 5.74) is 1.32. The van der Waals surface area contributed by atoms with Crippen molar-refractivity contribution in [2.45, 2.75) is 16.7 Å². The fraction of sp³-hybridized carbons (Fsp3) is 0.0526. The van der Waals surface area contributed by atoms with E-state index in [2.05, 4.69) is 31.2 Å². The lowest BCUT2D eigenvalue weighted by Crippen LogP contribution is -1.93. The molecule has 104 valence electrons. The molecule has 1 aliphatic heterocycles. The van der Waals surface area contributed by atoms with Crippen LogP contribution in [0.1, 0.15) is 5.56 Å². The normalized spacial score (nSPS) is 11.3. The predicted molar refractivity (Wildman–Crippen MR) is 88.3 cm³/mol. The number of rotatable bonds is 0. The molecule has 1 heterocycles. The number of benzene rings is 3. The van der Waals surface area contributed by atoms with Gasteiger partial charge >= 0.3 is 0 Å². The van der Waals surface area contributed by atoms with Crippen molar-refractivity contribution < 1.29 is 4.74 Å². The zero-order chi connectivity index (χ0) is 14.5. The largest absolute Gasteiger partial charge is 0.455 e. The highest BCUT2D eigenvalue weighted by Gasteiger charge is 2.15. The number of hydrogen-bond donors (Lipinski definition) is 0. The molecule has 1 nitrogen and oxygen atoms in total. The lowest BCUT2D eigenvalue weighted by molar-refractivity contribution is 0.454. The summed E-state index contributed by atoms with van der Waals surface area (Å²) in [5, 5.41) is 0. The molecule has 0 amide bonds. The molecular weight excluding hydrogens is 276 g/mol. The Kier molecular flexibility index (Phi) is 4.27. The first-order valence-corrected chi connectivity index (χ1v) is 7.70. The van der Waals surface area contributed by atoms with Crippen molar-refractivity contribution in [3.8, 4) is 11.5 Å². The number of para-hydroxylation sites is 2. The zero-order valence-corrected chi connectivity index (χ0v) is 12.6.